The Balaban J connectivity index is 2.25. The minimum Gasteiger partial charge on any atom is -0.512 e. The Morgan fingerprint density at radius 3 is 1.57 bits per heavy atom. The average molecular weight is 384 g/mol. The molecule has 0 fully saturated rings. The molecule has 0 radical (unpaired) electrons. The van der Waals surface area contributed by atoms with Crippen molar-refractivity contribution < 1.29 is 24.9 Å². The fraction of sp³-hybridized carbons (Fsp3) is 0.478. The maximum atomic E-state index is 13.0. The Morgan fingerprint density at radius 2 is 1.18 bits per heavy atom. The normalized spacial score (nSPS) is 22.2. The summed E-state index contributed by atoms with van der Waals surface area (Å²) in [4.78, 5) is 26.0. The van der Waals surface area contributed by atoms with Gasteiger partial charge >= 0.3 is 0 Å². The number of rotatable bonds is 3. The summed E-state index contributed by atoms with van der Waals surface area (Å²) in [5.74, 6) is -1.74. The number of aliphatic hydroxyl groups is 2. The number of Topliss-reactive ketones (excluding diaryl/α,β-unsaturated/α-hetero) is 2. The second kappa shape index (κ2) is 6.80. The smallest absolute Gasteiger partial charge is 0.163 e. The Bertz CT molecular complexity index is 849. The van der Waals surface area contributed by atoms with E-state index < -0.39 is 5.92 Å². The molecule has 0 saturated carbocycles. The van der Waals surface area contributed by atoms with Crippen LogP contribution in [-0.4, -0.2) is 26.9 Å². The highest BCUT2D eigenvalue weighted by Crippen LogP contribution is 2.49. The molecule has 0 heterocycles. The van der Waals surface area contributed by atoms with Gasteiger partial charge in [0.25, 0.3) is 0 Å². The van der Waals surface area contributed by atoms with Crippen LogP contribution in [0, 0.1) is 10.8 Å². The number of phenols is 1. The van der Waals surface area contributed by atoms with Crippen LogP contribution < -0.4 is 0 Å². The first-order valence-corrected chi connectivity index (χ1v) is 9.60. The van der Waals surface area contributed by atoms with Crippen LogP contribution in [0.4, 0.5) is 0 Å². The molecule has 3 N–H and O–H groups in total. The molecule has 150 valence electrons. The van der Waals surface area contributed by atoms with E-state index in [2.05, 4.69) is 0 Å². The van der Waals surface area contributed by atoms with Crippen LogP contribution in [0.1, 0.15) is 64.9 Å². The van der Waals surface area contributed by atoms with Crippen molar-refractivity contribution in [2.45, 2.75) is 59.3 Å². The number of ketones is 2. The first-order valence-electron chi connectivity index (χ1n) is 9.60. The number of carbonyl (C=O) groups is 2. The van der Waals surface area contributed by atoms with Gasteiger partial charge in [-0.25, -0.2) is 0 Å². The van der Waals surface area contributed by atoms with E-state index in [-0.39, 0.29) is 63.7 Å². The number of aliphatic hydroxyl groups excluding tert-OH is 2. The van der Waals surface area contributed by atoms with Crippen molar-refractivity contribution in [1.29, 1.82) is 0 Å². The van der Waals surface area contributed by atoms with E-state index in [1.807, 2.05) is 27.7 Å². The fourth-order valence-corrected chi connectivity index (χ4v) is 4.45. The zero-order valence-electron chi connectivity index (χ0n) is 16.9. The van der Waals surface area contributed by atoms with E-state index in [1.165, 1.54) is 6.07 Å². The largest absolute Gasteiger partial charge is 0.512 e. The van der Waals surface area contributed by atoms with Crippen molar-refractivity contribution >= 4 is 11.6 Å². The zero-order valence-corrected chi connectivity index (χ0v) is 16.9. The van der Waals surface area contributed by atoms with E-state index in [9.17, 15) is 24.9 Å². The molecule has 0 spiro atoms. The van der Waals surface area contributed by atoms with Gasteiger partial charge in [0, 0.05) is 42.4 Å². The summed E-state index contributed by atoms with van der Waals surface area (Å²) in [5.41, 5.74) is -0.219. The lowest BCUT2D eigenvalue weighted by Gasteiger charge is -2.36. The number of aromatic hydroxyl groups is 1. The Labute approximate surface area is 165 Å². The van der Waals surface area contributed by atoms with Crippen LogP contribution in [0.2, 0.25) is 0 Å². The molecule has 0 aliphatic heterocycles. The summed E-state index contributed by atoms with van der Waals surface area (Å²) < 4.78 is 0. The van der Waals surface area contributed by atoms with Crippen LogP contribution in [0.5, 0.6) is 5.75 Å². The SMILES string of the molecule is CC1(C)CC(=O)C(C(C2=C(O)CC(C)(C)CC2=O)c2ccccc2O)=C(O)C1. The predicted octanol–water partition coefficient (Wildman–Crippen LogP) is 4.88. The number of hydrogen-bond donors (Lipinski definition) is 3. The monoisotopic (exact) mass is 384 g/mol. The molecule has 0 amide bonds. The van der Waals surface area contributed by atoms with E-state index in [4.69, 9.17) is 0 Å². The molecule has 1 aromatic carbocycles. The second-order valence-corrected chi connectivity index (χ2v) is 9.59. The lowest BCUT2D eigenvalue weighted by atomic mass is 9.67. The van der Waals surface area contributed by atoms with Gasteiger partial charge in [0.2, 0.25) is 0 Å². The molecule has 0 saturated heterocycles. The quantitative estimate of drug-likeness (QED) is 0.690. The van der Waals surface area contributed by atoms with Crippen molar-refractivity contribution in [3.8, 4) is 5.75 Å². The van der Waals surface area contributed by atoms with Crippen LogP contribution in [-0.2, 0) is 9.59 Å². The molecule has 2 aliphatic rings. The number of benzene rings is 1. The minimum absolute atomic E-state index is 0.0764. The lowest BCUT2D eigenvalue weighted by molar-refractivity contribution is -0.119. The van der Waals surface area contributed by atoms with Gasteiger partial charge in [0.15, 0.2) is 11.6 Å². The molecule has 0 bridgehead atoms. The summed E-state index contributed by atoms with van der Waals surface area (Å²) in [5, 5.41) is 32.0. The number of allylic oxidation sites excluding steroid dienone is 4. The number of hydrogen-bond acceptors (Lipinski definition) is 5. The molecule has 2 aliphatic carbocycles. The first-order chi connectivity index (χ1) is 12.9. The molecule has 0 unspecified atom stereocenters. The lowest BCUT2D eigenvalue weighted by Crippen LogP contribution is -2.33. The van der Waals surface area contributed by atoms with Crippen LogP contribution >= 0.6 is 0 Å². The predicted molar refractivity (Wildman–Crippen MR) is 106 cm³/mol. The van der Waals surface area contributed by atoms with E-state index in [0.29, 0.717) is 18.4 Å². The number of carbonyl (C=O) groups excluding carboxylic acids is 2. The van der Waals surface area contributed by atoms with Crippen molar-refractivity contribution in [3.63, 3.8) is 0 Å². The second-order valence-electron chi connectivity index (χ2n) is 9.59. The molecular formula is C23H28O5. The summed E-state index contributed by atoms with van der Waals surface area (Å²) in [7, 11) is 0. The van der Waals surface area contributed by atoms with Gasteiger partial charge in [-0.05, 0) is 16.9 Å². The van der Waals surface area contributed by atoms with E-state index >= 15 is 0 Å². The molecular weight excluding hydrogens is 356 g/mol. The summed E-state index contributed by atoms with van der Waals surface area (Å²) >= 11 is 0. The highest BCUT2D eigenvalue weighted by atomic mass is 16.3. The number of phenolic OH excluding ortho intramolecular Hbond substituents is 1. The maximum absolute atomic E-state index is 13.0. The Morgan fingerprint density at radius 1 is 0.750 bits per heavy atom. The van der Waals surface area contributed by atoms with Gasteiger partial charge in [-0.15, -0.1) is 0 Å². The molecule has 28 heavy (non-hydrogen) atoms. The van der Waals surface area contributed by atoms with Gasteiger partial charge in [-0.2, -0.15) is 0 Å². The zero-order chi connectivity index (χ0) is 20.9. The number of para-hydroxylation sites is 1. The van der Waals surface area contributed by atoms with Gasteiger partial charge in [-0.1, -0.05) is 45.9 Å². The summed E-state index contributed by atoms with van der Waals surface area (Å²) in [6.45, 7) is 7.60. The third-order valence-electron chi connectivity index (χ3n) is 5.62. The minimum atomic E-state index is -0.978. The maximum Gasteiger partial charge on any atom is 0.163 e. The van der Waals surface area contributed by atoms with Crippen molar-refractivity contribution in [2.75, 3.05) is 0 Å². The Hall–Kier alpha value is -2.56. The third-order valence-corrected chi connectivity index (χ3v) is 5.62. The molecule has 5 nitrogen and oxygen atoms in total. The van der Waals surface area contributed by atoms with Gasteiger partial charge < -0.3 is 15.3 Å². The van der Waals surface area contributed by atoms with Crippen molar-refractivity contribution in [1.82, 2.24) is 0 Å². The van der Waals surface area contributed by atoms with Crippen LogP contribution in [0.25, 0.3) is 0 Å². The summed E-state index contributed by atoms with van der Waals surface area (Å²) in [6, 6.07) is 6.45. The van der Waals surface area contributed by atoms with Gasteiger partial charge in [0.1, 0.15) is 17.3 Å². The molecule has 1 aromatic rings. The third kappa shape index (κ3) is 3.71. The molecule has 3 rings (SSSR count). The van der Waals surface area contributed by atoms with Crippen molar-refractivity contribution in [3.05, 3.63) is 52.5 Å². The molecule has 0 atom stereocenters. The van der Waals surface area contributed by atoms with Crippen LogP contribution in [0.15, 0.2) is 46.9 Å². The van der Waals surface area contributed by atoms with Gasteiger partial charge in [-0.3, -0.25) is 9.59 Å². The molecule has 5 heteroatoms. The first kappa shape index (κ1) is 20.2. The highest BCUT2D eigenvalue weighted by Gasteiger charge is 2.44. The Kier molecular flexibility index (Phi) is 4.90. The molecule has 0 aromatic heterocycles. The summed E-state index contributed by atoms with van der Waals surface area (Å²) in [6.07, 6.45) is 1.05. The topological polar surface area (TPSA) is 94.8 Å². The highest BCUT2D eigenvalue weighted by molar-refractivity contribution is 6.05. The fourth-order valence-electron chi connectivity index (χ4n) is 4.45. The standard InChI is InChI=1S/C23H28O5/c1-22(2)9-15(25)20(16(26)10-22)19(13-7-5-6-8-14(13)24)21-17(27)11-23(3,4)12-18(21)28/h5-8,19,24-25,27H,9-12H2,1-4H3. The van der Waals surface area contributed by atoms with Gasteiger partial charge in [0.05, 0.1) is 5.92 Å². The van der Waals surface area contributed by atoms with E-state index in [1.54, 1.807) is 18.2 Å². The van der Waals surface area contributed by atoms with Crippen LogP contribution in [0.3, 0.4) is 0 Å². The average Bonchev–Trinajstić information content (AvgIpc) is 2.50. The van der Waals surface area contributed by atoms with E-state index in [0.717, 1.165) is 0 Å². The van der Waals surface area contributed by atoms with Crippen molar-refractivity contribution in [2.24, 2.45) is 10.8 Å².